The van der Waals surface area contributed by atoms with Crippen molar-refractivity contribution in [3.8, 4) is 11.5 Å². The van der Waals surface area contributed by atoms with E-state index in [1.54, 1.807) is 48.5 Å². The minimum Gasteiger partial charge on any atom is -0.495 e. The highest BCUT2D eigenvalue weighted by Gasteiger charge is 2.46. The van der Waals surface area contributed by atoms with Gasteiger partial charge in [0.15, 0.2) is 18.7 Å². The first-order chi connectivity index (χ1) is 28.5. The largest absolute Gasteiger partial charge is 0.495 e. The molecule has 4 aliphatic rings. The SMILES string of the molecule is CC[C@@H]1C(=O)N(C)c2cnc(Nc3ccc(C(=O)NCCCCNC(=O)COc4cccc5c4C(=O)N(C4CCC(=O)NC4=O)C5O)cc3OC)nc2N1C1CCCC1. The second kappa shape index (κ2) is 17.7. The maximum absolute atomic E-state index is 13.3. The van der Waals surface area contributed by atoms with Gasteiger partial charge in [-0.15, -0.1) is 0 Å². The van der Waals surface area contributed by atoms with Crippen LogP contribution in [0.4, 0.5) is 23.1 Å². The van der Waals surface area contributed by atoms with Gasteiger partial charge >= 0.3 is 0 Å². The third-order valence-corrected chi connectivity index (χ3v) is 11.3. The second-order valence-electron chi connectivity index (χ2n) is 15.0. The summed E-state index contributed by atoms with van der Waals surface area (Å²) in [7, 11) is 3.27. The number of methoxy groups -OCH3 is 1. The Morgan fingerprint density at radius 2 is 1.75 bits per heavy atom. The Hall–Kier alpha value is -6.30. The summed E-state index contributed by atoms with van der Waals surface area (Å²) in [6.07, 6.45) is 6.45. The highest BCUT2D eigenvalue weighted by molar-refractivity contribution is 6.07. The molecule has 1 aromatic heterocycles. The van der Waals surface area contributed by atoms with Crippen LogP contribution in [0.3, 0.4) is 0 Å². The molecule has 0 bridgehead atoms. The molecule has 312 valence electrons. The van der Waals surface area contributed by atoms with Crippen LogP contribution in [0.5, 0.6) is 11.5 Å². The fraction of sp³-hybridized carbons (Fsp3) is 0.463. The van der Waals surface area contributed by atoms with E-state index in [9.17, 15) is 33.9 Å². The molecule has 4 heterocycles. The van der Waals surface area contributed by atoms with Crippen LogP contribution in [0.2, 0.25) is 0 Å². The fourth-order valence-electron chi connectivity index (χ4n) is 8.24. The molecule has 59 heavy (non-hydrogen) atoms. The molecule has 6 amide bonds. The van der Waals surface area contributed by atoms with Gasteiger partial charge in [0.2, 0.25) is 23.7 Å². The average Bonchev–Trinajstić information content (AvgIpc) is 3.86. The number of piperidine rings is 1. The number of ether oxygens (including phenoxy) is 2. The maximum Gasteiger partial charge on any atom is 0.261 e. The van der Waals surface area contributed by atoms with E-state index in [0.717, 1.165) is 36.4 Å². The number of nitrogens with zero attached hydrogens (tertiary/aromatic N) is 5. The van der Waals surface area contributed by atoms with E-state index >= 15 is 0 Å². The molecule has 1 saturated carbocycles. The van der Waals surface area contributed by atoms with Crippen molar-refractivity contribution in [1.29, 1.82) is 0 Å². The first kappa shape index (κ1) is 40.9. The van der Waals surface area contributed by atoms with Crippen LogP contribution < -0.4 is 40.5 Å². The van der Waals surface area contributed by atoms with Gasteiger partial charge in [0.05, 0.1) is 24.6 Å². The number of hydrogen-bond acceptors (Lipinski definition) is 13. The molecule has 0 spiro atoms. The van der Waals surface area contributed by atoms with E-state index in [4.69, 9.17) is 14.5 Å². The maximum atomic E-state index is 13.3. The van der Waals surface area contributed by atoms with Crippen LogP contribution in [-0.4, -0.2) is 107 Å². The minimum atomic E-state index is -1.40. The standard InChI is InChI=1S/C41H49N9O9/c1-4-27-39(56)48(2)29-21-44-41(47-35(29)49(27)24-10-5-6-11-24)45-26-15-14-23(20-31(26)58-3)36(53)43-19-8-7-18-42-33(52)22-59-30-13-9-12-25-34(30)40(57)50(38(25)55)28-16-17-32(51)46-37(28)54/h9,12-15,20-21,24,27-28,38,55H,4-8,10-11,16-19,22H2,1-3H3,(H,42,52)(H,43,53)(H,44,45,47)(H,46,51,54)/t27-,28?,38?/m1/s1. The predicted molar refractivity (Wildman–Crippen MR) is 214 cm³/mol. The normalized spacial score (nSPS) is 20.3. The number of aliphatic hydroxyl groups excluding tert-OH is 1. The number of aromatic nitrogens is 2. The number of benzene rings is 2. The molecule has 1 aliphatic carbocycles. The smallest absolute Gasteiger partial charge is 0.261 e. The molecule has 2 aromatic carbocycles. The molecule has 3 aromatic rings. The topological polar surface area (TPSA) is 225 Å². The van der Waals surface area contributed by atoms with Gasteiger partial charge in [0.1, 0.15) is 29.3 Å². The highest BCUT2D eigenvalue weighted by Crippen LogP contribution is 2.41. The first-order valence-electron chi connectivity index (χ1n) is 20.0. The Kier molecular flexibility index (Phi) is 12.2. The van der Waals surface area contributed by atoms with Crippen LogP contribution in [0.1, 0.15) is 97.2 Å². The van der Waals surface area contributed by atoms with Crippen LogP contribution >= 0.6 is 0 Å². The van der Waals surface area contributed by atoms with E-state index in [1.165, 1.54) is 13.2 Å². The number of likely N-dealkylation sites (N-methyl/N-ethyl adjacent to an activating group) is 1. The third kappa shape index (κ3) is 8.35. The molecule has 0 radical (unpaired) electrons. The van der Waals surface area contributed by atoms with E-state index in [2.05, 4.69) is 31.2 Å². The number of fused-ring (bicyclic) bond motifs is 2. The molecule has 5 N–H and O–H groups in total. The Bertz CT molecular complexity index is 2140. The number of imide groups is 1. The van der Waals surface area contributed by atoms with Gasteiger partial charge in [0, 0.05) is 43.7 Å². The molecule has 2 unspecified atom stereocenters. The van der Waals surface area contributed by atoms with Gasteiger partial charge in [-0.1, -0.05) is 31.9 Å². The number of rotatable bonds is 15. The zero-order valence-corrected chi connectivity index (χ0v) is 33.3. The second-order valence-corrected chi connectivity index (χ2v) is 15.0. The molecule has 2 fully saturated rings. The number of carbonyl (C=O) groups is 6. The summed E-state index contributed by atoms with van der Waals surface area (Å²) >= 11 is 0. The highest BCUT2D eigenvalue weighted by atomic mass is 16.5. The van der Waals surface area contributed by atoms with Crippen LogP contribution in [0, 0.1) is 0 Å². The minimum absolute atomic E-state index is 0.0398. The number of carbonyl (C=O) groups excluding carboxylic acids is 6. The molecule has 18 heteroatoms. The lowest BCUT2D eigenvalue weighted by molar-refractivity contribution is -0.139. The Morgan fingerprint density at radius 1 is 0.983 bits per heavy atom. The summed E-state index contributed by atoms with van der Waals surface area (Å²) in [5.74, 6) is -0.835. The predicted octanol–water partition coefficient (Wildman–Crippen LogP) is 2.69. The lowest BCUT2D eigenvalue weighted by Gasteiger charge is -2.43. The van der Waals surface area contributed by atoms with Crippen molar-refractivity contribution in [3.05, 3.63) is 59.3 Å². The summed E-state index contributed by atoms with van der Waals surface area (Å²) in [4.78, 5) is 90.4. The summed E-state index contributed by atoms with van der Waals surface area (Å²) in [6, 6.07) is 8.58. The van der Waals surface area contributed by atoms with E-state index in [0.29, 0.717) is 61.0 Å². The van der Waals surface area contributed by atoms with E-state index < -0.39 is 42.5 Å². The Labute approximate surface area is 341 Å². The van der Waals surface area contributed by atoms with Crippen molar-refractivity contribution in [2.75, 3.05) is 49.0 Å². The van der Waals surface area contributed by atoms with Gasteiger partial charge in [-0.05, 0) is 62.8 Å². The summed E-state index contributed by atoms with van der Waals surface area (Å²) in [5, 5.41) is 21.9. The molecule has 18 nitrogen and oxygen atoms in total. The van der Waals surface area contributed by atoms with Gasteiger partial charge in [-0.3, -0.25) is 39.0 Å². The number of anilines is 4. The number of aliphatic hydroxyl groups is 1. The molecule has 1 saturated heterocycles. The van der Waals surface area contributed by atoms with Crippen molar-refractivity contribution < 1.29 is 43.3 Å². The van der Waals surface area contributed by atoms with E-state index in [1.807, 2.05) is 6.92 Å². The summed E-state index contributed by atoms with van der Waals surface area (Å²) in [5.41, 5.74) is 1.93. The molecule has 7 rings (SSSR count). The Morgan fingerprint density at radius 3 is 2.47 bits per heavy atom. The number of unbranched alkanes of at least 4 members (excludes halogenated alkanes) is 1. The van der Waals surface area contributed by atoms with Gasteiger partial charge < -0.3 is 40.3 Å². The average molecular weight is 812 g/mol. The molecular weight excluding hydrogens is 763 g/mol. The quantitative estimate of drug-likeness (QED) is 0.110. The van der Waals surface area contributed by atoms with Crippen molar-refractivity contribution in [1.82, 2.24) is 30.8 Å². The number of amides is 6. The zero-order chi connectivity index (χ0) is 41.8. The molecular formula is C41H49N9O9. The van der Waals surface area contributed by atoms with Crippen LogP contribution in [0.15, 0.2) is 42.6 Å². The zero-order valence-electron chi connectivity index (χ0n) is 33.3. The summed E-state index contributed by atoms with van der Waals surface area (Å²) < 4.78 is 11.3. The number of nitrogens with one attached hydrogen (secondary N) is 4. The fourth-order valence-corrected chi connectivity index (χ4v) is 8.24. The van der Waals surface area contributed by atoms with Crippen LogP contribution in [-0.2, 0) is 19.2 Å². The van der Waals surface area contributed by atoms with Crippen LogP contribution in [0.25, 0.3) is 0 Å². The Balaban J connectivity index is 0.870. The van der Waals surface area contributed by atoms with Crippen molar-refractivity contribution >= 4 is 58.6 Å². The van der Waals surface area contributed by atoms with Crippen molar-refractivity contribution in [3.63, 3.8) is 0 Å². The van der Waals surface area contributed by atoms with Crippen molar-refractivity contribution in [2.45, 2.75) is 89.1 Å². The van der Waals surface area contributed by atoms with Gasteiger partial charge in [-0.2, -0.15) is 4.98 Å². The first-order valence-corrected chi connectivity index (χ1v) is 20.0. The van der Waals surface area contributed by atoms with Crippen molar-refractivity contribution in [2.24, 2.45) is 0 Å². The molecule has 3 aliphatic heterocycles. The molecule has 3 atom stereocenters. The lowest BCUT2D eigenvalue weighted by Crippen LogP contribution is -2.55. The third-order valence-electron chi connectivity index (χ3n) is 11.3. The van der Waals surface area contributed by atoms with E-state index in [-0.39, 0.29) is 53.6 Å². The number of hydrogen-bond donors (Lipinski definition) is 5. The van der Waals surface area contributed by atoms with Gasteiger partial charge in [-0.25, -0.2) is 4.98 Å². The summed E-state index contributed by atoms with van der Waals surface area (Å²) in [6.45, 7) is 2.30. The lowest BCUT2D eigenvalue weighted by atomic mass is 10.0. The monoisotopic (exact) mass is 811 g/mol. The van der Waals surface area contributed by atoms with Gasteiger partial charge in [0.25, 0.3) is 17.7 Å².